The summed E-state index contributed by atoms with van der Waals surface area (Å²) in [5, 5.41) is 34.1. The van der Waals surface area contributed by atoms with Crippen LogP contribution in [-0.2, 0) is 30.7 Å². The Morgan fingerprint density at radius 1 is 0.909 bits per heavy atom. The van der Waals surface area contributed by atoms with Crippen LogP contribution in [0.3, 0.4) is 0 Å². The van der Waals surface area contributed by atoms with Crippen molar-refractivity contribution in [2.24, 2.45) is 5.92 Å². The summed E-state index contributed by atoms with van der Waals surface area (Å²) in [5.74, 6) is -0.627. The molecule has 1 aliphatic rings. The molecule has 0 heterocycles. The average molecular weight is 446 g/mol. The molecule has 0 spiro atoms. The second kappa shape index (κ2) is 10.8. The molecule has 5 nitrogen and oxygen atoms in total. The van der Waals surface area contributed by atoms with Gasteiger partial charge >= 0.3 is 0 Å². The topological polar surface area (TPSA) is 89.8 Å². The number of hydrogen-bond donors (Lipinski definition) is 4. The molecule has 4 atom stereocenters. The fourth-order valence-corrected chi connectivity index (χ4v) is 4.78. The molecule has 0 unspecified atom stereocenters. The number of aliphatic hydroxyl groups excluding tert-OH is 3. The lowest BCUT2D eigenvalue weighted by molar-refractivity contribution is -0.127. The number of nitrogens with one attached hydrogen (secondary N) is 1. The zero-order valence-corrected chi connectivity index (χ0v) is 18.6. The molecule has 0 fully saturated rings. The van der Waals surface area contributed by atoms with Gasteiger partial charge in [0.15, 0.2) is 0 Å². The van der Waals surface area contributed by atoms with Crippen LogP contribution in [0.5, 0.6) is 0 Å². The molecule has 1 aliphatic carbocycles. The number of benzene rings is 3. The smallest absolute Gasteiger partial charge is 0.224 e. The number of fused-ring (bicyclic) bond motifs is 1. The molecule has 0 saturated heterocycles. The van der Waals surface area contributed by atoms with Crippen molar-refractivity contribution in [2.45, 2.75) is 50.5 Å². The maximum absolute atomic E-state index is 13.4. The first-order valence-electron chi connectivity index (χ1n) is 11.5. The van der Waals surface area contributed by atoms with E-state index < -0.39 is 24.2 Å². The SMILES string of the molecule is O=C(N[C@H]1c2ccccc2C[C@H]1O)[C@H](Cc1ccccc1)C[C@@H](O)Cc1ccccc1CO. The van der Waals surface area contributed by atoms with Gasteiger partial charge < -0.3 is 20.6 Å². The lowest BCUT2D eigenvalue weighted by Crippen LogP contribution is -2.39. The number of carbonyl (C=O) groups is 1. The number of amides is 1. The van der Waals surface area contributed by atoms with Gasteiger partial charge in [-0.05, 0) is 47.1 Å². The maximum atomic E-state index is 13.4. The van der Waals surface area contributed by atoms with E-state index in [2.05, 4.69) is 5.32 Å². The first-order chi connectivity index (χ1) is 16.0. The van der Waals surface area contributed by atoms with Crippen LogP contribution in [-0.4, -0.2) is 33.4 Å². The van der Waals surface area contributed by atoms with Crippen LogP contribution in [0.1, 0.15) is 40.3 Å². The average Bonchev–Trinajstić information content (AvgIpc) is 3.14. The molecule has 172 valence electrons. The van der Waals surface area contributed by atoms with Crippen LogP contribution in [0.4, 0.5) is 0 Å². The largest absolute Gasteiger partial charge is 0.393 e. The molecule has 4 rings (SSSR count). The van der Waals surface area contributed by atoms with Gasteiger partial charge in [0.1, 0.15) is 0 Å². The molecule has 0 bridgehead atoms. The van der Waals surface area contributed by atoms with Crippen LogP contribution in [0, 0.1) is 5.92 Å². The molecule has 0 aromatic heterocycles. The summed E-state index contributed by atoms with van der Waals surface area (Å²) in [5.41, 5.74) is 4.69. The summed E-state index contributed by atoms with van der Waals surface area (Å²) in [4.78, 5) is 13.4. The van der Waals surface area contributed by atoms with Gasteiger partial charge in [-0.2, -0.15) is 0 Å². The number of rotatable bonds is 9. The molecular formula is C28H31NO4. The monoisotopic (exact) mass is 445 g/mol. The fraction of sp³-hybridized carbons (Fsp3) is 0.321. The van der Waals surface area contributed by atoms with E-state index in [9.17, 15) is 20.1 Å². The number of carbonyl (C=O) groups excluding carboxylic acids is 1. The summed E-state index contributed by atoms with van der Waals surface area (Å²) >= 11 is 0. The summed E-state index contributed by atoms with van der Waals surface area (Å²) in [7, 11) is 0. The van der Waals surface area contributed by atoms with Gasteiger partial charge in [-0.15, -0.1) is 0 Å². The minimum atomic E-state index is -0.738. The summed E-state index contributed by atoms with van der Waals surface area (Å²) < 4.78 is 0. The molecule has 3 aromatic rings. The predicted molar refractivity (Wildman–Crippen MR) is 127 cm³/mol. The summed E-state index contributed by atoms with van der Waals surface area (Å²) in [6.45, 7) is -0.0875. The lowest BCUT2D eigenvalue weighted by Gasteiger charge is -2.25. The van der Waals surface area contributed by atoms with Crippen molar-refractivity contribution in [3.05, 3.63) is 107 Å². The van der Waals surface area contributed by atoms with Gasteiger partial charge in [-0.3, -0.25) is 4.79 Å². The highest BCUT2D eigenvalue weighted by molar-refractivity contribution is 5.79. The molecule has 0 aliphatic heterocycles. The predicted octanol–water partition coefficient (Wildman–Crippen LogP) is 3.11. The maximum Gasteiger partial charge on any atom is 0.224 e. The van der Waals surface area contributed by atoms with Crippen molar-refractivity contribution in [1.29, 1.82) is 0 Å². The van der Waals surface area contributed by atoms with Crippen molar-refractivity contribution in [1.82, 2.24) is 5.32 Å². The summed E-state index contributed by atoms with van der Waals surface area (Å²) in [6.07, 6.45) is 0.263. The van der Waals surface area contributed by atoms with E-state index in [1.54, 1.807) is 0 Å². The molecule has 1 amide bonds. The third-order valence-electron chi connectivity index (χ3n) is 6.50. The Balaban J connectivity index is 1.50. The highest BCUT2D eigenvalue weighted by Crippen LogP contribution is 2.32. The number of hydrogen-bond acceptors (Lipinski definition) is 4. The van der Waals surface area contributed by atoms with Crippen LogP contribution >= 0.6 is 0 Å². The minimum absolute atomic E-state index is 0.0875. The van der Waals surface area contributed by atoms with E-state index in [0.29, 0.717) is 19.3 Å². The van der Waals surface area contributed by atoms with Gasteiger partial charge in [0.25, 0.3) is 0 Å². The first-order valence-corrected chi connectivity index (χ1v) is 11.5. The Morgan fingerprint density at radius 3 is 2.33 bits per heavy atom. The third-order valence-corrected chi connectivity index (χ3v) is 6.50. The Hall–Kier alpha value is -2.99. The van der Waals surface area contributed by atoms with E-state index in [0.717, 1.165) is 27.8 Å². The van der Waals surface area contributed by atoms with E-state index in [1.807, 2.05) is 78.9 Å². The van der Waals surface area contributed by atoms with Crippen molar-refractivity contribution in [3.8, 4) is 0 Å². The molecule has 33 heavy (non-hydrogen) atoms. The zero-order valence-electron chi connectivity index (χ0n) is 18.6. The standard InChI is InChI=1S/C28H31NO4/c30-18-22-12-5-4-10-20(22)15-24(31)16-23(14-19-8-2-1-3-9-19)28(33)29-27-25-13-7-6-11-21(25)17-26(27)32/h1-13,23-24,26-27,30-32H,14-18H2,(H,29,33)/t23-,24+,26-,27+/m1/s1. The van der Waals surface area contributed by atoms with E-state index in [4.69, 9.17) is 0 Å². The minimum Gasteiger partial charge on any atom is -0.393 e. The summed E-state index contributed by atoms with van der Waals surface area (Å²) in [6, 6.07) is 24.6. The molecule has 0 radical (unpaired) electrons. The van der Waals surface area contributed by atoms with Crippen LogP contribution in [0.15, 0.2) is 78.9 Å². The van der Waals surface area contributed by atoms with Crippen molar-refractivity contribution < 1.29 is 20.1 Å². The second-order valence-corrected chi connectivity index (χ2v) is 8.86. The van der Waals surface area contributed by atoms with Crippen LogP contribution < -0.4 is 5.32 Å². The molecular weight excluding hydrogens is 414 g/mol. The van der Waals surface area contributed by atoms with E-state index in [-0.39, 0.29) is 18.9 Å². The van der Waals surface area contributed by atoms with Gasteiger partial charge in [0.05, 0.1) is 24.9 Å². The highest BCUT2D eigenvalue weighted by Gasteiger charge is 2.34. The highest BCUT2D eigenvalue weighted by atomic mass is 16.3. The van der Waals surface area contributed by atoms with E-state index >= 15 is 0 Å². The Morgan fingerprint density at radius 2 is 1.58 bits per heavy atom. The molecule has 3 aromatic carbocycles. The fourth-order valence-electron chi connectivity index (χ4n) is 4.78. The quantitative estimate of drug-likeness (QED) is 0.407. The number of aliphatic hydroxyl groups is 3. The molecule has 5 heteroatoms. The molecule has 0 saturated carbocycles. The molecule has 4 N–H and O–H groups in total. The Bertz CT molecular complexity index is 1070. The van der Waals surface area contributed by atoms with Crippen molar-refractivity contribution in [2.75, 3.05) is 0 Å². The Kier molecular flexibility index (Phi) is 7.55. The second-order valence-electron chi connectivity index (χ2n) is 8.86. The van der Waals surface area contributed by atoms with Gasteiger partial charge in [-0.25, -0.2) is 0 Å². The zero-order chi connectivity index (χ0) is 23.2. The van der Waals surface area contributed by atoms with Crippen LogP contribution in [0.25, 0.3) is 0 Å². The van der Waals surface area contributed by atoms with E-state index in [1.165, 1.54) is 0 Å². The van der Waals surface area contributed by atoms with Gasteiger partial charge in [0, 0.05) is 12.3 Å². The van der Waals surface area contributed by atoms with Gasteiger partial charge in [-0.1, -0.05) is 78.9 Å². The van der Waals surface area contributed by atoms with Crippen LogP contribution in [0.2, 0.25) is 0 Å². The third kappa shape index (κ3) is 5.69. The van der Waals surface area contributed by atoms with Gasteiger partial charge in [0.2, 0.25) is 5.91 Å². The first kappa shape index (κ1) is 23.2. The Labute approximate surface area is 194 Å². The van der Waals surface area contributed by atoms with Crippen molar-refractivity contribution in [3.63, 3.8) is 0 Å². The van der Waals surface area contributed by atoms with Crippen molar-refractivity contribution >= 4 is 5.91 Å². The lowest BCUT2D eigenvalue weighted by atomic mass is 9.89. The normalized spacial score (nSPS) is 19.0.